The number of halogens is 5. The van der Waals surface area contributed by atoms with E-state index in [1.807, 2.05) is 0 Å². The summed E-state index contributed by atoms with van der Waals surface area (Å²) in [6.45, 7) is 2.03. The number of alkyl carbamates (subject to hydrolysis) is 1. The second kappa shape index (κ2) is 14.9. The van der Waals surface area contributed by atoms with Gasteiger partial charge in [-0.3, -0.25) is 14.4 Å². The molecule has 1 aromatic rings. The van der Waals surface area contributed by atoms with Crippen molar-refractivity contribution in [2.45, 2.75) is 38.7 Å². The molecule has 1 heterocycles. The maximum atomic E-state index is 13.5. The Morgan fingerprint density at radius 2 is 1.92 bits per heavy atom. The molecule has 1 unspecified atom stereocenters. The van der Waals surface area contributed by atoms with E-state index in [1.54, 1.807) is 6.92 Å². The Labute approximate surface area is 215 Å². The predicted molar refractivity (Wildman–Crippen MR) is 124 cm³/mol. The smallest absolute Gasteiger partial charge is 0.407 e. The number of nitrogens with one attached hydrogen (secondary N) is 2. The molecule has 4 amide bonds. The molecule has 0 aliphatic carbocycles. The van der Waals surface area contributed by atoms with Gasteiger partial charge in [-0.25, -0.2) is 18.0 Å². The van der Waals surface area contributed by atoms with E-state index in [2.05, 4.69) is 5.32 Å². The minimum absolute atomic E-state index is 0.0214. The number of primary amides is 1. The lowest BCUT2D eigenvalue weighted by molar-refractivity contribution is -0.141. The molecule has 0 aromatic heterocycles. The van der Waals surface area contributed by atoms with Gasteiger partial charge in [-0.15, -0.1) is 0 Å². The Hall–Kier alpha value is -3.69. The number of carbonyl (C=O) groups excluding carboxylic acids is 4. The van der Waals surface area contributed by atoms with E-state index in [4.69, 9.17) is 20.9 Å². The van der Waals surface area contributed by atoms with Crippen molar-refractivity contribution in [2.75, 3.05) is 37.7 Å². The van der Waals surface area contributed by atoms with Gasteiger partial charge >= 0.3 is 18.4 Å². The third-order valence-corrected chi connectivity index (χ3v) is 4.90. The number of fused-ring (bicyclic) bond motifs is 1. The average molecular weight is 556 g/mol. The minimum atomic E-state index is -4.31. The molecule has 38 heavy (non-hydrogen) atoms. The first-order chi connectivity index (χ1) is 17.7. The van der Waals surface area contributed by atoms with Crippen molar-refractivity contribution >= 4 is 29.5 Å². The van der Waals surface area contributed by atoms with Crippen LogP contribution in [0.15, 0.2) is 18.2 Å². The molecule has 16 heteroatoms. The SMILES string of the molecule is CC(C(N)=O)C(=O)NCC(F)(F)C(F)F.C[C@@H]1CC(=O)N(CCOC(=O)NCCN)c2cc(F)ccc2O1. The fourth-order valence-electron chi connectivity index (χ4n) is 2.81. The molecule has 0 saturated heterocycles. The molecule has 0 fully saturated rings. The number of carbonyl (C=O) groups is 4. The molecule has 11 nitrogen and oxygen atoms in total. The van der Waals surface area contributed by atoms with Gasteiger partial charge in [0.05, 0.1) is 25.2 Å². The van der Waals surface area contributed by atoms with Crippen LogP contribution in [-0.4, -0.2) is 75.1 Å². The maximum Gasteiger partial charge on any atom is 0.407 e. The lowest BCUT2D eigenvalue weighted by Crippen LogP contribution is -2.45. The second-order valence-electron chi connectivity index (χ2n) is 8.04. The number of hydrogen-bond acceptors (Lipinski definition) is 7. The van der Waals surface area contributed by atoms with Crippen LogP contribution in [-0.2, 0) is 19.1 Å². The van der Waals surface area contributed by atoms with E-state index in [9.17, 15) is 41.1 Å². The highest BCUT2D eigenvalue weighted by Gasteiger charge is 2.41. The summed E-state index contributed by atoms with van der Waals surface area (Å²) in [4.78, 5) is 46.3. The molecule has 0 bridgehead atoms. The van der Waals surface area contributed by atoms with E-state index < -0.39 is 48.5 Å². The number of hydrogen-bond donors (Lipinski definition) is 4. The summed E-state index contributed by atoms with van der Waals surface area (Å²) >= 11 is 0. The zero-order chi connectivity index (χ0) is 29.0. The summed E-state index contributed by atoms with van der Waals surface area (Å²) in [7, 11) is 0. The average Bonchev–Trinajstić information content (AvgIpc) is 2.95. The van der Waals surface area contributed by atoms with Gasteiger partial charge in [0.2, 0.25) is 17.7 Å². The van der Waals surface area contributed by atoms with Crippen LogP contribution in [0, 0.1) is 11.7 Å². The van der Waals surface area contributed by atoms with E-state index in [0.717, 1.165) is 6.92 Å². The Kier molecular flexibility index (Phi) is 12.7. The first kappa shape index (κ1) is 32.3. The standard InChI is InChI=1S/C15H20FN3O4.C7H10F4N2O2/c1-10-8-14(20)19(6-7-22-15(21)18-5-4-17)12-9-11(16)2-3-13(12)23-10;1-3(4(12)14)5(15)13-2-7(10,11)6(8)9/h2-3,9-10H,4-8,17H2,1H3,(H,18,21);3,6H,2H2,1H3,(H2,12,14)(H,13,15)/t10-;/m1./s1. The monoisotopic (exact) mass is 555 g/mol. The van der Waals surface area contributed by atoms with Crippen LogP contribution in [0.4, 0.5) is 32.4 Å². The van der Waals surface area contributed by atoms with Crippen molar-refractivity contribution in [3.05, 3.63) is 24.0 Å². The van der Waals surface area contributed by atoms with Crippen LogP contribution in [0.25, 0.3) is 0 Å². The summed E-state index contributed by atoms with van der Waals surface area (Å²) in [5, 5.41) is 3.97. The summed E-state index contributed by atoms with van der Waals surface area (Å²) in [5.74, 6) is -8.03. The van der Waals surface area contributed by atoms with Crippen LogP contribution in [0.3, 0.4) is 0 Å². The molecule has 0 spiro atoms. The Morgan fingerprint density at radius 1 is 1.26 bits per heavy atom. The van der Waals surface area contributed by atoms with Crippen molar-refractivity contribution in [3.8, 4) is 5.75 Å². The summed E-state index contributed by atoms with van der Waals surface area (Å²) in [6, 6.07) is 4.00. The molecule has 1 aliphatic rings. The lowest BCUT2D eigenvalue weighted by atomic mass is 10.1. The molecular formula is C22H30F5N5O6. The lowest BCUT2D eigenvalue weighted by Gasteiger charge is -2.21. The van der Waals surface area contributed by atoms with E-state index >= 15 is 0 Å². The van der Waals surface area contributed by atoms with Gasteiger partial charge in [-0.1, -0.05) is 0 Å². The molecule has 2 atom stereocenters. The molecule has 6 N–H and O–H groups in total. The van der Waals surface area contributed by atoms with E-state index in [-0.39, 0.29) is 31.6 Å². The third-order valence-electron chi connectivity index (χ3n) is 4.90. The molecule has 0 saturated carbocycles. The molecule has 214 valence electrons. The first-order valence-corrected chi connectivity index (χ1v) is 11.3. The number of amides is 4. The van der Waals surface area contributed by atoms with Crippen LogP contribution < -0.4 is 31.7 Å². The highest BCUT2D eigenvalue weighted by molar-refractivity contribution is 5.99. The van der Waals surface area contributed by atoms with Crippen LogP contribution in [0.5, 0.6) is 5.75 Å². The fourth-order valence-corrected chi connectivity index (χ4v) is 2.81. The maximum absolute atomic E-state index is 13.5. The molecule has 2 rings (SSSR count). The van der Waals surface area contributed by atoms with Crippen LogP contribution >= 0.6 is 0 Å². The van der Waals surface area contributed by atoms with Crippen LogP contribution in [0.2, 0.25) is 0 Å². The molecule has 1 aromatic carbocycles. The number of ether oxygens (including phenoxy) is 2. The Morgan fingerprint density at radius 3 is 2.50 bits per heavy atom. The second-order valence-corrected chi connectivity index (χ2v) is 8.04. The zero-order valence-electron chi connectivity index (χ0n) is 20.6. The van der Waals surface area contributed by atoms with Gasteiger partial charge in [-0.05, 0) is 26.0 Å². The van der Waals surface area contributed by atoms with Crippen molar-refractivity contribution in [3.63, 3.8) is 0 Å². The summed E-state index contributed by atoms with van der Waals surface area (Å²) < 4.78 is 72.0. The number of alkyl halides is 4. The van der Waals surface area contributed by atoms with Gasteiger partial charge in [-0.2, -0.15) is 8.78 Å². The molecule has 1 aliphatic heterocycles. The number of nitrogens with zero attached hydrogens (tertiary/aromatic N) is 1. The van der Waals surface area contributed by atoms with Gasteiger partial charge in [0.15, 0.2) is 0 Å². The zero-order valence-corrected chi connectivity index (χ0v) is 20.6. The number of rotatable bonds is 10. The van der Waals surface area contributed by atoms with E-state index in [0.29, 0.717) is 24.5 Å². The predicted octanol–water partition coefficient (Wildman–Crippen LogP) is 1.14. The normalized spacial score (nSPS) is 15.8. The Balaban J connectivity index is 0.000000420. The van der Waals surface area contributed by atoms with Crippen molar-refractivity contribution < 1.29 is 50.6 Å². The first-order valence-electron chi connectivity index (χ1n) is 11.3. The highest BCUT2D eigenvalue weighted by Crippen LogP contribution is 2.33. The highest BCUT2D eigenvalue weighted by atomic mass is 19.3. The van der Waals surface area contributed by atoms with Crippen molar-refractivity contribution in [1.29, 1.82) is 0 Å². The van der Waals surface area contributed by atoms with Crippen molar-refractivity contribution in [1.82, 2.24) is 10.6 Å². The number of benzene rings is 1. The van der Waals surface area contributed by atoms with Gasteiger partial charge < -0.3 is 36.5 Å². The van der Waals surface area contributed by atoms with Gasteiger partial charge in [0.25, 0.3) is 0 Å². The van der Waals surface area contributed by atoms with Crippen molar-refractivity contribution in [2.24, 2.45) is 17.4 Å². The quantitative estimate of drug-likeness (QED) is 0.248. The topological polar surface area (TPSA) is 166 Å². The summed E-state index contributed by atoms with van der Waals surface area (Å²) in [6.07, 6.45) is -4.63. The fraction of sp³-hybridized carbons (Fsp3) is 0.545. The van der Waals surface area contributed by atoms with Crippen LogP contribution in [0.1, 0.15) is 20.3 Å². The van der Waals surface area contributed by atoms with E-state index in [1.165, 1.54) is 28.4 Å². The minimum Gasteiger partial charge on any atom is -0.488 e. The van der Waals surface area contributed by atoms with Gasteiger partial charge in [0, 0.05) is 19.2 Å². The Bertz CT molecular complexity index is 984. The number of anilines is 1. The van der Waals surface area contributed by atoms with Gasteiger partial charge in [0.1, 0.15) is 30.2 Å². The molecule has 0 radical (unpaired) electrons. The molecular weight excluding hydrogens is 525 g/mol. The number of nitrogens with two attached hydrogens (primary N) is 2. The largest absolute Gasteiger partial charge is 0.488 e. The third kappa shape index (κ3) is 10.4. The summed E-state index contributed by atoms with van der Waals surface area (Å²) in [5.41, 5.74) is 10.3.